The number of halogens is 10. The molecule has 66 heteroatoms. The number of alkyl halides is 10. The minimum absolute atomic E-state index is 0.135. The number of carbonyl (C=O) groups is 2. The molecule has 7 aromatic rings. The SMILES string of the molecule is Cc1cn([C@@H]2O[C@@H]3COP(=O)(OC(C)C)O[C@H]3C2(Cl)Cl)c(=O)[nH]c1=O.Cc1cn([C@@H]2O[C@@H]3CO[P@@](=O)(OC(C)C)O[C@H]3C2(Cl)Cl)c(=O)[nH]c1=O.Cc1cn([C@@H]2O[C@@H]3CO[P@](=O)(OC(C)C)O[C@H]3C2(Cl)Cl)c(=O)[nH]c1=O.Cc1cn([C@@H]2O[C@H](CO[P@@](=O)(N[C@@H](C)C(=O)OC(C)C)Oc3ccccc3)[C@@H](O)C2(Cl)Cl)c(=O)[nH]c1=O.Cc1cn([C@@H]2O[C@H](CO[P@](=O)(N[C@@H](C)C(=O)OC(C)C)Oc3ccccc3)[C@@H](O)C2(Cl)Cl)c(=O)[nH]c1=O. The summed E-state index contributed by atoms with van der Waals surface area (Å²) >= 11 is 63.8. The minimum Gasteiger partial charge on any atom is -0.462 e. The van der Waals surface area contributed by atoms with Gasteiger partial charge >= 0.3 is 79.3 Å². The van der Waals surface area contributed by atoms with Gasteiger partial charge in [-0.2, -0.15) is 10.2 Å². The summed E-state index contributed by atoms with van der Waals surface area (Å²) in [6.07, 6.45) is -13.5. The van der Waals surface area contributed by atoms with Crippen LogP contribution in [-0.4, -0.2) is 228 Å². The number of fused-ring (bicyclic) bond motifs is 3. The number of ether oxygens (including phenoxy) is 7. The highest BCUT2D eigenvalue weighted by Crippen LogP contribution is 2.65. The van der Waals surface area contributed by atoms with E-state index in [1.165, 1.54) is 104 Å². The number of rotatable bonds is 29. The number of para-hydroxylation sites is 2. The molecule has 149 heavy (non-hydrogen) atoms. The standard InChI is InChI=1S/2C22H28Cl2N3O9P.3C13H17Cl2N2O7P/c2*1-12(2)34-19(30)14(4)26-37(32,36-15-8-6-5-7-9-15)33-11-16-17(28)22(23,24)20(35-16)27-10-13(3)18(29)25-21(27)31;3*1-6(2)23-25(20)21-5-8-9(24-25)13(14,15)11(22-8)17-4-7(3)10(18)16-12(17)19/h2*5-10,12,14,16-17,20,28H,11H2,1-4H3,(H,26,32)(H,25,29,31);3*4,6,8-9,11H,5H2,1-3H3,(H,16,18,19)/t14-,16+,17+,20+,37+;14-,16+,17+,20+,37-;8-,9-,11-,25?;8-,9-,11-,25+;8-,9-,11-,25-/m00111/s1. The first kappa shape index (κ1) is 123. The van der Waals surface area contributed by atoms with Gasteiger partial charge in [-0.15, -0.1) is 0 Å². The summed E-state index contributed by atoms with van der Waals surface area (Å²) in [6, 6.07) is 13.9. The Labute approximate surface area is 895 Å². The van der Waals surface area contributed by atoms with E-state index in [1.807, 2.05) is 0 Å². The van der Waals surface area contributed by atoms with E-state index in [-0.39, 0.29) is 59.1 Å². The van der Waals surface area contributed by atoms with Gasteiger partial charge in [-0.25, -0.2) is 46.8 Å². The number of aryl methyl sites for hydroxylation is 5. The van der Waals surface area contributed by atoms with Gasteiger partial charge in [-0.05, 0) is 142 Å². The van der Waals surface area contributed by atoms with Gasteiger partial charge in [0.15, 0.2) is 52.8 Å². The first-order valence-corrected chi connectivity index (χ1v) is 56.2. The summed E-state index contributed by atoms with van der Waals surface area (Å²) < 4.78 is 169. The molecule has 0 bridgehead atoms. The number of hydrogen-bond donors (Lipinski definition) is 9. The number of hydrogen-bond acceptors (Lipinski definition) is 39. The highest BCUT2D eigenvalue weighted by atomic mass is 35.5. The average Bonchev–Trinajstić information content (AvgIpc) is 1.64. The normalized spacial score (nSPS) is 28.9. The molecule has 0 radical (unpaired) electrons. The summed E-state index contributed by atoms with van der Waals surface area (Å²) in [6.45, 7) is 25.4. The molecule has 8 aliphatic rings. The van der Waals surface area contributed by atoms with Gasteiger partial charge in [0.25, 0.3) is 27.8 Å². The summed E-state index contributed by atoms with van der Waals surface area (Å²) in [5.41, 5.74) is -5.59. The van der Waals surface area contributed by atoms with Crippen LogP contribution in [0.4, 0.5) is 0 Å². The molecule has 1 unspecified atom stereocenters. The number of aliphatic hydroxyl groups is 2. The van der Waals surface area contributed by atoms with Gasteiger partial charge in [0.05, 0.1) is 63.6 Å². The largest absolute Gasteiger partial charge is 0.475 e. The highest BCUT2D eigenvalue weighted by Gasteiger charge is 2.66. The molecule has 8 aliphatic heterocycles. The maximum atomic E-state index is 13.6. The first-order valence-electron chi connectivity index (χ1n) is 45.0. The zero-order valence-corrected chi connectivity index (χ0v) is 93.7. The van der Waals surface area contributed by atoms with E-state index in [4.69, 9.17) is 208 Å². The van der Waals surface area contributed by atoms with Crippen molar-refractivity contribution in [3.63, 3.8) is 0 Å². The molecular formula is C83H107Cl10N12O39P5. The Morgan fingerprint density at radius 1 is 0.383 bits per heavy atom. The molecule has 0 amide bonds. The second-order valence-electron chi connectivity index (χ2n) is 35.6. The van der Waals surface area contributed by atoms with Gasteiger partial charge in [-0.1, -0.05) is 152 Å². The second-order valence-corrected chi connectivity index (χ2v) is 51.0. The van der Waals surface area contributed by atoms with E-state index in [0.29, 0.717) is 0 Å². The van der Waals surface area contributed by atoms with Crippen LogP contribution in [0, 0.1) is 34.6 Å². The molecule has 9 N–H and O–H groups in total. The van der Waals surface area contributed by atoms with E-state index >= 15 is 0 Å². The molecule has 8 fully saturated rings. The van der Waals surface area contributed by atoms with Crippen molar-refractivity contribution in [3.05, 3.63) is 224 Å². The molecule has 0 spiro atoms. The Kier molecular flexibility index (Phi) is 40.5. The van der Waals surface area contributed by atoms with Crippen LogP contribution in [0.3, 0.4) is 0 Å². The summed E-state index contributed by atoms with van der Waals surface area (Å²) in [7, 11) is -20.1. The molecule has 15 rings (SSSR count). The zero-order chi connectivity index (χ0) is 111. The predicted molar refractivity (Wildman–Crippen MR) is 537 cm³/mol. The third-order valence-electron chi connectivity index (χ3n) is 21.6. The third-order valence-corrected chi connectivity index (χ3v) is 33.8. The molecule has 0 aliphatic carbocycles. The first-order chi connectivity index (χ1) is 69.1. The van der Waals surface area contributed by atoms with Crippen LogP contribution in [0.2, 0.25) is 0 Å². The van der Waals surface area contributed by atoms with Crippen molar-refractivity contribution in [1.29, 1.82) is 0 Å². The number of aromatic nitrogens is 10. The quantitative estimate of drug-likeness (QED) is 0.0119. The highest BCUT2D eigenvalue weighted by molar-refractivity contribution is 7.52. The van der Waals surface area contributed by atoms with Crippen LogP contribution in [0.1, 0.15) is 142 Å². The monoisotopic (exact) mass is 2400 g/mol. The van der Waals surface area contributed by atoms with Crippen LogP contribution in [0.5, 0.6) is 11.5 Å². The van der Waals surface area contributed by atoms with Crippen molar-refractivity contribution >= 4 is 167 Å². The molecule has 8 saturated heterocycles. The number of nitrogens with one attached hydrogen (secondary N) is 7. The molecule has 22 atom stereocenters. The number of aromatic amines is 5. The van der Waals surface area contributed by atoms with Gasteiger partial charge in [-0.3, -0.25) is 131 Å². The number of benzene rings is 2. The number of aliphatic hydroxyl groups excluding tert-OH is 2. The van der Waals surface area contributed by atoms with E-state index in [0.717, 1.165) is 22.8 Å². The van der Waals surface area contributed by atoms with Gasteiger partial charge in [0, 0.05) is 58.8 Å². The predicted octanol–water partition coefficient (Wildman–Crippen LogP) is 10.4. The Balaban J connectivity index is 0.000000179. The van der Waals surface area contributed by atoms with E-state index in [2.05, 4.69) is 35.1 Å². The molecule has 2 aromatic carbocycles. The van der Waals surface area contributed by atoms with Gasteiger partial charge in [0.1, 0.15) is 84.6 Å². The zero-order valence-electron chi connectivity index (χ0n) is 81.6. The Hall–Kier alpha value is -6.37. The number of nitrogens with zero attached hydrogens (tertiary/aromatic N) is 5. The number of phosphoric acid groups is 3. The van der Waals surface area contributed by atoms with Crippen molar-refractivity contribution in [2.24, 2.45) is 0 Å². The Morgan fingerprint density at radius 2 is 0.611 bits per heavy atom. The Bertz CT molecular complexity index is 6370. The van der Waals surface area contributed by atoms with Crippen molar-refractivity contribution in [2.45, 2.75) is 274 Å². The van der Waals surface area contributed by atoms with Crippen LogP contribution < -0.4 is 75.5 Å². The maximum Gasteiger partial charge on any atom is 0.475 e. The molecule has 13 heterocycles. The van der Waals surface area contributed by atoms with Crippen LogP contribution in [0.25, 0.3) is 0 Å². The number of H-pyrrole nitrogens is 5. The minimum atomic E-state index is -4.28. The molecule has 5 aromatic heterocycles. The lowest BCUT2D eigenvalue weighted by molar-refractivity contribution is -0.150. The second kappa shape index (κ2) is 49.2. The molecular weight excluding hydrogens is 2300 g/mol. The Morgan fingerprint density at radius 3 is 0.832 bits per heavy atom. The fourth-order valence-electron chi connectivity index (χ4n) is 14.7. The smallest absolute Gasteiger partial charge is 0.462 e. The summed E-state index contributed by atoms with van der Waals surface area (Å²) in [4.78, 5) is 154. The van der Waals surface area contributed by atoms with Crippen LogP contribution >= 0.6 is 155 Å². The van der Waals surface area contributed by atoms with Gasteiger partial charge in [0.2, 0.25) is 0 Å². The fraction of sp³-hybridized carbons (Fsp3) is 0.590. The van der Waals surface area contributed by atoms with Gasteiger partial charge < -0.3 is 52.4 Å². The summed E-state index contributed by atoms with van der Waals surface area (Å²) in [5, 5.41) is 26.5. The lowest BCUT2D eigenvalue weighted by atomic mass is 10.1. The van der Waals surface area contributed by atoms with E-state index < -0.39 is 277 Å². The van der Waals surface area contributed by atoms with E-state index in [1.54, 1.807) is 106 Å². The number of carbonyl (C=O) groups excluding carboxylic acids is 2. The van der Waals surface area contributed by atoms with Crippen LogP contribution in [-0.2, 0) is 115 Å². The summed E-state index contributed by atoms with van der Waals surface area (Å²) in [5.74, 6) is -1.04. The van der Waals surface area contributed by atoms with E-state index in [9.17, 15) is 90.6 Å². The lowest BCUT2D eigenvalue weighted by Crippen LogP contribution is -2.44. The number of phosphoric ester groups is 3. The molecule has 51 nitrogen and oxygen atoms in total. The van der Waals surface area contributed by atoms with Crippen molar-refractivity contribution in [2.75, 3.05) is 33.0 Å². The van der Waals surface area contributed by atoms with Crippen molar-refractivity contribution in [3.8, 4) is 11.5 Å². The maximum absolute atomic E-state index is 13.6. The molecule has 0 saturated carbocycles. The fourth-order valence-corrected chi connectivity index (χ4v) is 26.1. The lowest BCUT2D eigenvalue weighted by Gasteiger charge is -2.33. The number of esters is 2. The van der Waals surface area contributed by atoms with Crippen molar-refractivity contribution < 1.29 is 135 Å². The molecule has 828 valence electrons. The topological polar surface area (TPSA) is 643 Å². The third kappa shape index (κ3) is 29.6. The van der Waals surface area contributed by atoms with Crippen molar-refractivity contribution in [1.82, 2.24) is 57.9 Å². The van der Waals surface area contributed by atoms with Crippen LogP contribution in [0.15, 0.2) is 140 Å². The average molecular weight is 2410 g/mol.